The van der Waals surface area contributed by atoms with Crippen molar-refractivity contribution < 1.29 is 30.0 Å². The first-order chi connectivity index (χ1) is 11.3. The molecule has 4 rings (SSSR count). The number of carbonyl (C=O) groups excluding carboxylic acids is 2. The van der Waals surface area contributed by atoms with Gasteiger partial charge in [0, 0.05) is 39.3 Å². The molecule has 0 saturated carbocycles. The Kier molecular flexibility index (Phi) is 2.88. The number of aromatic hydroxyl groups is 2. The van der Waals surface area contributed by atoms with Gasteiger partial charge in [0.2, 0.25) is 0 Å². The molecule has 0 fully saturated rings. The maximum atomic E-state index is 12.8. The number of rotatable bonds is 0. The molecule has 6 heteroatoms. The van der Waals surface area contributed by atoms with Crippen molar-refractivity contribution in [1.29, 1.82) is 0 Å². The number of hydrogen-bond acceptors (Lipinski definition) is 6. The lowest BCUT2D eigenvalue weighted by Crippen LogP contribution is -2.38. The van der Waals surface area contributed by atoms with E-state index in [9.17, 15) is 30.0 Å². The highest BCUT2D eigenvalue weighted by Gasteiger charge is 2.44. The van der Waals surface area contributed by atoms with Crippen molar-refractivity contribution in [1.82, 2.24) is 0 Å². The van der Waals surface area contributed by atoms with Gasteiger partial charge < -0.3 is 20.4 Å². The monoisotopic (exact) mass is 326 g/mol. The van der Waals surface area contributed by atoms with Crippen LogP contribution in [0.2, 0.25) is 0 Å². The van der Waals surface area contributed by atoms with E-state index < -0.39 is 29.7 Å². The first kappa shape index (κ1) is 14.9. The number of aliphatic hydroxyl groups excluding tert-OH is 2. The molecule has 2 aliphatic rings. The van der Waals surface area contributed by atoms with E-state index in [0.29, 0.717) is 0 Å². The van der Waals surface area contributed by atoms with Gasteiger partial charge in [-0.15, -0.1) is 0 Å². The Labute approximate surface area is 136 Å². The number of Topliss-reactive ketones (excluding diaryl/α,β-unsaturated/α-hetero) is 1. The molecular weight excluding hydrogens is 312 g/mol. The second kappa shape index (κ2) is 4.66. The maximum Gasteiger partial charge on any atom is 0.194 e. The maximum absolute atomic E-state index is 12.8. The average molecular weight is 326 g/mol. The van der Waals surface area contributed by atoms with E-state index in [1.807, 2.05) is 0 Å². The van der Waals surface area contributed by atoms with E-state index in [-0.39, 0.29) is 44.9 Å². The summed E-state index contributed by atoms with van der Waals surface area (Å²) in [5.74, 6) is -2.30. The lowest BCUT2D eigenvalue weighted by molar-refractivity contribution is -0.0158. The molecule has 0 aromatic heterocycles. The van der Waals surface area contributed by atoms with Crippen LogP contribution < -0.4 is 0 Å². The van der Waals surface area contributed by atoms with Gasteiger partial charge in [-0.2, -0.15) is 0 Å². The number of aliphatic hydroxyl groups is 2. The summed E-state index contributed by atoms with van der Waals surface area (Å²) in [6.45, 7) is 1.48. The van der Waals surface area contributed by atoms with Crippen molar-refractivity contribution in [3.8, 4) is 22.6 Å². The van der Waals surface area contributed by atoms with E-state index >= 15 is 0 Å². The number of carbonyl (C=O) groups is 2. The quantitative estimate of drug-likeness (QED) is 0.498. The molecule has 122 valence electrons. The Balaban J connectivity index is 2.12. The van der Waals surface area contributed by atoms with Crippen LogP contribution in [-0.4, -0.2) is 38.1 Å². The topological polar surface area (TPSA) is 115 Å². The minimum absolute atomic E-state index is 0.0130. The molecule has 2 aromatic rings. The van der Waals surface area contributed by atoms with Crippen LogP contribution in [0.15, 0.2) is 24.3 Å². The van der Waals surface area contributed by atoms with Gasteiger partial charge in [0.1, 0.15) is 17.6 Å². The SMILES string of the molecule is C[C@H]1C(=O)c2cc(O)c3c(c2[C@H](O)[C@H]1O)C(=O)c1cccc(O)c1-3. The summed E-state index contributed by atoms with van der Waals surface area (Å²) >= 11 is 0. The normalized spacial score (nSPS) is 24.5. The molecule has 4 N–H and O–H groups in total. The zero-order valence-electron chi connectivity index (χ0n) is 12.6. The van der Waals surface area contributed by atoms with Crippen molar-refractivity contribution in [2.45, 2.75) is 19.1 Å². The molecule has 24 heavy (non-hydrogen) atoms. The number of phenolic OH excluding ortho intramolecular Hbond substituents is 2. The van der Waals surface area contributed by atoms with Gasteiger partial charge in [-0.1, -0.05) is 19.1 Å². The van der Waals surface area contributed by atoms with Crippen LogP contribution in [0.3, 0.4) is 0 Å². The Bertz CT molecular complexity index is 930. The summed E-state index contributed by atoms with van der Waals surface area (Å²) in [5.41, 5.74) is 0.442. The smallest absolute Gasteiger partial charge is 0.194 e. The molecule has 3 atom stereocenters. The zero-order chi connectivity index (χ0) is 17.3. The van der Waals surface area contributed by atoms with Crippen molar-refractivity contribution in [3.05, 3.63) is 46.5 Å². The lowest BCUT2D eigenvalue weighted by Gasteiger charge is -2.32. The van der Waals surface area contributed by atoms with Crippen LogP contribution in [0.5, 0.6) is 11.5 Å². The van der Waals surface area contributed by atoms with Gasteiger partial charge in [0.25, 0.3) is 0 Å². The third kappa shape index (κ3) is 1.61. The second-order valence-corrected chi connectivity index (χ2v) is 6.22. The first-order valence-electron chi connectivity index (χ1n) is 7.51. The Morgan fingerprint density at radius 1 is 0.917 bits per heavy atom. The van der Waals surface area contributed by atoms with Crippen molar-refractivity contribution in [2.24, 2.45) is 5.92 Å². The highest BCUT2D eigenvalue weighted by Crippen LogP contribution is 2.51. The summed E-state index contributed by atoms with van der Waals surface area (Å²) in [4.78, 5) is 25.2. The molecule has 0 saturated heterocycles. The molecule has 0 heterocycles. The first-order valence-corrected chi connectivity index (χ1v) is 7.51. The van der Waals surface area contributed by atoms with Gasteiger partial charge in [-0.25, -0.2) is 0 Å². The van der Waals surface area contributed by atoms with Crippen molar-refractivity contribution in [3.63, 3.8) is 0 Å². The van der Waals surface area contributed by atoms with E-state index in [2.05, 4.69) is 0 Å². The van der Waals surface area contributed by atoms with Gasteiger partial charge in [-0.3, -0.25) is 9.59 Å². The van der Waals surface area contributed by atoms with Crippen LogP contribution in [0.1, 0.15) is 44.9 Å². The van der Waals surface area contributed by atoms with Crippen LogP contribution >= 0.6 is 0 Å². The van der Waals surface area contributed by atoms with Gasteiger partial charge in [0.15, 0.2) is 11.6 Å². The third-order valence-corrected chi connectivity index (χ3v) is 4.92. The van der Waals surface area contributed by atoms with E-state index in [1.54, 1.807) is 0 Å². The average Bonchev–Trinajstić information content (AvgIpc) is 2.86. The fraction of sp³-hybridized carbons (Fsp3) is 0.222. The van der Waals surface area contributed by atoms with Gasteiger partial charge in [-0.05, 0) is 12.1 Å². The summed E-state index contributed by atoms with van der Waals surface area (Å²) in [6.07, 6.45) is -2.77. The molecule has 0 spiro atoms. The molecule has 6 nitrogen and oxygen atoms in total. The molecule has 2 aromatic carbocycles. The van der Waals surface area contributed by atoms with E-state index in [0.717, 1.165) is 0 Å². The summed E-state index contributed by atoms with van der Waals surface area (Å²) in [6, 6.07) is 5.58. The van der Waals surface area contributed by atoms with Crippen molar-refractivity contribution >= 4 is 11.6 Å². The molecule has 0 bridgehead atoms. The minimum Gasteiger partial charge on any atom is -0.507 e. The predicted octanol–water partition coefficient (Wildman–Crippen LogP) is 1.54. The zero-order valence-corrected chi connectivity index (χ0v) is 12.6. The molecule has 0 unspecified atom stereocenters. The number of ketones is 2. The van der Waals surface area contributed by atoms with Crippen LogP contribution in [-0.2, 0) is 0 Å². The van der Waals surface area contributed by atoms with E-state index in [1.165, 1.54) is 31.2 Å². The highest BCUT2D eigenvalue weighted by atomic mass is 16.3. The van der Waals surface area contributed by atoms with Crippen LogP contribution in [0, 0.1) is 5.92 Å². The molecule has 2 aliphatic carbocycles. The molecule has 0 radical (unpaired) electrons. The number of hydrogen-bond donors (Lipinski definition) is 4. The second-order valence-electron chi connectivity index (χ2n) is 6.22. The Morgan fingerprint density at radius 2 is 1.62 bits per heavy atom. The van der Waals surface area contributed by atoms with Gasteiger partial charge >= 0.3 is 0 Å². The van der Waals surface area contributed by atoms with E-state index in [4.69, 9.17) is 0 Å². The number of benzene rings is 2. The Hall–Kier alpha value is -2.70. The molecular formula is C18H14O6. The Morgan fingerprint density at radius 3 is 2.33 bits per heavy atom. The lowest BCUT2D eigenvalue weighted by atomic mass is 9.76. The third-order valence-electron chi connectivity index (χ3n) is 4.92. The number of fused-ring (bicyclic) bond motifs is 5. The van der Waals surface area contributed by atoms with Gasteiger partial charge in [0.05, 0.1) is 6.10 Å². The van der Waals surface area contributed by atoms with Crippen molar-refractivity contribution in [2.75, 3.05) is 0 Å². The standard InChI is InChI=1S/C18H14O6/c1-6-15(21)8-5-10(20)13-11-7(3-2-4-9(11)19)17(23)14(13)12(8)18(24)16(6)22/h2-6,16,18-20,22,24H,1H3/t6-,16-,18-/m0/s1. The summed E-state index contributed by atoms with van der Waals surface area (Å²) in [5, 5.41) is 41.0. The fourth-order valence-electron chi connectivity index (χ4n) is 3.66. The summed E-state index contributed by atoms with van der Waals surface area (Å²) < 4.78 is 0. The van der Waals surface area contributed by atoms with Crippen LogP contribution in [0.4, 0.5) is 0 Å². The minimum atomic E-state index is -1.43. The number of phenols is 2. The predicted molar refractivity (Wildman–Crippen MR) is 83.1 cm³/mol. The molecule has 0 aliphatic heterocycles. The fourth-order valence-corrected chi connectivity index (χ4v) is 3.66. The molecule has 0 amide bonds. The summed E-state index contributed by atoms with van der Waals surface area (Å²) in [7, 11) is 0. The van der Waals surface area contributed by atoms with Crippen LogP contribution in [0.25, 0.3) is 11.1 Å². The highest BCUT2D eigenvalue weighted by molar-refractivity contribution is 6.25. The largest absolute Gasteiger partial charge is 0.507 e.